The maximum absolute atomic E-state index is 12.5. The summed E-state index contributed by atoms with van der Waals surface area (Å²) in [6, 6.07) is 15.4. The molecule has 0 spiro atoms. The maximum atomic E-state index is 12.5. The van der Waals surface area contributed by atoms with Crippen LogP contribution >= 0.6 is 0 Å². The Morgan fingerprint density at radius 3 is 2.50 bits per heavy atom. The Kier molecular flexibility index (Phi) is 3.79. The van der Waals surface area contributed by atoms with Crippen molar-refractivity contribution in [1.29, 1.82) is 0 Å². The molecule has 0 bridgehead atoms. The van der Waals surface area contributed by atoms with Gasteiger partial charge in [0.25, 0.3) is 5.91 Å². The number of carbonyl (C=O) groups is 1. The van der Waals surface area contributed by atoms with E-state index in [-0.39, 0.29) is 5.91 Å². The molecule has 1 amide bonds. The highest BCUT2D eigenvalue weighted by Gasteiger charge is 2.31. The molecule has 1 heterocycles. The van der Waals surface area contributed by atoms with E-state index in [4.69, 9.17) is 4.74 Å². The number of amides is 1. The number of methoxy groups -OCH3 is 1. The second kappa shape index (κ2) is 5.90. The Hall–Kier alpha value is -2.81. The van der Waals surface area contributed by atoms with Crippen molar-refractivity contribution >= 4 is 17.7 Å². The number of rotatable bonds is 4. The van der Waals surface area contributed by atoms with E-state index in [1.54, 1.807) is 18.1 Å². The lowest BCUT2D eigenvalue weighted by Gasteiger charge is -2.16. The molecule has 110 valence electrons. The largest absolute Gasteiger partial charge is 0.496 e. The Bertz CT molecular complexity index is 762. The van der Waals surface area contributed by atoms with Gasteiger partial charge in [0.1, 0.15) is 5.75 Å². The van der Waals surface area contributed by atoms with Crippen LogP contribution in [0.2, 0.25) is 0 Å². The molecular formula is C19H17NO2. The summed E-state index contributed by atoms with van der Waals surface area (Å²) in [5.41, 5.74) is 3.49. The van der Waals surface area contributed by atoms with E-state index >= 15 is 0 Å². The van der Waals surface area contributed by atoms with Crippen LogP contribution < -0.4 is 4.74 Å². The van der Waals surface area contributed by atoms with Crippen LogP contribution in [0.3, 0.4) is 0 Å². The number of hydrogen-bond donors (Lipinski definition) is 0. The molecule has 0 N–H and O–H groups in total. The normalized spacial score (nSPS) is 15.0. The minimum absolute atomic E-state index is 0.0108. The van der Waals surface area contributed by atoms with Crippen LogP contribution in [0.15, 0.2) is 61.2 Å². The van der Waals surface area contributed by atoms with Crippen molar-refractivity contribution in [2.24, 2.45) is 0 Å². The van der Waals surface area contributed by atoms with Crippen LogP contribution in [-0.4, -0.2) is 24.5 Å². The quantitative estimate of drug-likeness (QED) is 0.801. The summed E-state index contributed by atoms with van der Waals surface area (Å²) in [6.07, 6.45) is 3.73. The van der Waals surface area contributed by atoms with E-state index in [1.807, 2.05) is 54.6 Å². The third-order valence-electron chi connectivity index (χ3n) is 3.71. The number of hydrogen-bond acceptors (Lipinski definition) is 2. The van der Waals surface area contributed by atoms with Gasteiger partial charge in [-0.05, 0) is 18.2 Å². The van der Waals surface area contributed by atoms with Crippen LogP contribution in [0.5, 0.6) is 5.75 Å². The van der Waals surface area contributed by atoms with E-state index in [1.165, 1.54) is 0 Å². The highest BCUT2D eigenvalue weighted by Crippen LogP contribution is 2.35. The first-order chi connectivity index (χ1) is 10.8. The molecule has 3 rings (SSSR count). The molecule has 0 unspecified atom stereocenters. The van der Waals surface area contributed by atoms with Crippen molar-refractivity contribution in [3.05, 3.63) is 77.9 Å². The number of nitrogens with zero attached hydrogens (tertiary/aromatic N) is 1. The minimum atomic E-state index is 0.0108. The molecule has 22 heavy (non-hydrogen) atoms. The second-order valence-corrected chi connectivity index (χ2v) is 5.02. The zero-order chi connectivity index (χ0) is 15.5. The fourth-order valence-electron chi connectivity index (χ4n) is 2.69. The summed E-state index contributed by atoms with van der Waals surface area (Å²) in [7, 11) is 1.65. The Morgan fingerprint density at radius 2 is 1.77 bits per heavy atom. The van der Waals surface area contributed by atoms with Gasteiger partial charge in [-0.1, -0.05) is 42.5 Å². The predicted molar refractivity (Wildman–Crippen MR) is 88.5 cm³/mol. The molecule has 3 heteroatoms. The average Bonchev–Trinajstić information content (AvgIpc) is 2.82. The molecule has 0 aliphatic carbocycles. The van der Waals surface area contributed by atoms with E-state index in [0.717, 1.165) is 28.1 Å². The molecule has 2 aromatic rings. The molecule has 3 nitrogen and oxygen atoms in total. The summed E-state index contributed by atoms with van der Waals surface area (Å²) in [6.45, 7) is 4.23. The summed E-state index contributed by atoms with van der Waals surface area (Å²) in [5, 5.41) is 0. The van der Waals surface area contributed by atoms with Crippen molar-refractivity contribution in [1.82, 2.24) is 4.90 Å². The lowest BCUT2D eigenvalue weighted by molar-refractivity contribution is 0.0862. The van der Waals surface area contributed by atoms with E-state index < -0.39 is 0 Å². The molecule has 0 atom stereocenters. The van der Waals surface area contributed by atoms with Gasteiger partial charge in [-0.2, -0.15) is 0 Å². The van der Waals surface area contributed by atoms with Crippen LogP contribution in [0.25, 0.3) is 11.8 Å². The van der Waals surface area contributed by atoms with Crippen LogP contribution in [0.1, 0.15) is 21.5 Å². The number of fused-ring (bicyclic) bond motifs is 1. The molecule has 0 saturated heterocycles. The summed E-state index contributed by atoms with van der Waals surface area (Å²) in [5.74, 6) is 0.794. The van der Waals surface area contributed by atoms with Gasteiger partial charge in [-0.3, -0.25) is 4.79 Å². The topological polar surface area (TPSA) is 29.5 Å². The van der Waals surface area contributed by atoms with Gasteiger partial charge in [0.05, 0.1) is 12.8 Å². The zero-order valence-corrected chi connectivity index (χ0v) is 12.5. The lowest BCUT2D eigenvalue weighted by atomic mass is 10.1. The third-order valence-corrected chi connectivity index (χ3v) is 3.71. The lowest BCUT2D eigenvalue weighted by Crippen LogP contribution is -2.22. The third kappa shape index (κ3) is 2.31. The van der Waals surface area contributed by atoms with Crippen LogP contribution in [0.4, 0.5) is 0 Å². The number of carbonyl (C=O) groups excluding carboxylic acids is 1. The van der Waals surface area contributed by atoms with Gasteiger partial charge in [-0.25, -0.2) is 0 Å². The average molecular weight is 291 g/mol. The van der Waals surface area contributed by atoms with Crippen molar-refractivity contribution < 1.29 is 9.53 Å². The first-order valence-corrected chi connectivity index (χ1v) is 7.13. The van der Waals surface area contributed by atoms with Gasteiger partial charge < -0.3 is 9.64 Å². The van der Waals surface area contributed by atoms with Crippen LogP contribution in [0, 0.1) is 0 Å². The standard InChI is InChI=1S/C19H17NO2/c1-3-12-20-17(13-14-8-4-7-11-18(14)22-2)15-9-5-6-10-16(15)19(20)21/h3-11,13H,1,12H2,2H3/b17-13+. The minimum Gasteiger partial charge on any atom is -0.496 e. The summed E-state index contributed by atoms with van der Waals surface area (Å²) < 4.78 is 5.40. The second-order valence-electron chi connectivity index (χ2n) is 5.02. The van der Waals surface area contributed by atoms with E-state index in [2.05, 4.69) is 6.58 Å². The van der Waals surface area contributed by atoms with Gasteiger partial charge in [0, 0.05) is 23.2 Å². The molecular weight excluding hydrogens is 274 g/mol. The number of para-hydroxylation sites is 1. The summed E-state index contributed by atoms with van der Waals surface area (Å²) in [4.78, 5) is 14.3. The van der Waals surface area contributed by atoms with Crippen molar-refractivity contribution in [3.8, 4) is 5.75 Å². The van der Waals surface area contributed by atoms with Gasteiger partial charge in [0.15, 0.2) is 0 Å². The Balaban J connectivity index is 2.15. The number of ether oxygens (including phenoxy) is 1. The highest BCUT2D eigenvalue weighted by molar-refractivity contribution is 6.12. The molecule has 1 aliphatic rings. The van der Waals surface area contributed by atoms with Gasteiger partial charge in [-0.15, -0.1) is 6.58 Å². The predicted octanol–water partition coefficient (Wildman–Crippen LogP) is 3.84. The fourth-order valence-corrected chi connectivity index (χ4v) is 2.69. The van der Waals surface area contributed by atoms with Gasteiger partial charge >= 0.3 is 0 Å². The molecule has 2 aromatic carbocycles. The summed E-state index contributed by atoms with van der Waals surface area (Å²) >= 11 is 0. The SMILES string of the molecule is C=CCN1C(=O)c2ccccc2/C1=C\c1ccccc1OC. The molecule has 0 radical (unpaired) electrons. The highest BCUT2D eigenvalue weighted by atomic mass is 16.5. The van der Waals surface area contributed by atoms with Gasteiger partial charge in [0.2, 0.25) is 0 Å². The monoisotopic (exact) mass is 291 g/mol. The zero-order valence-electron chi connectivity index (χ0n) is 12.5. The van der Waals surface area contributed by atoms with Crippen molar-refractivity contribution in [3.63, 3.8) is 0 Å². The van der Waals surface area contributed by atoms with Crippen molar-refractivity contribution in [2.45, 2.75) is 0 Å². The smallest absolute Gasteiger partial charge is 0.259 e. The number of benzene rings is 2. The Morgan fingerprint density at radius 1 is 1.09 bits per heavy atom. The maximum Gasteiger partial charge on any atom is 0.259 e. The molecule has 1 aliphatic heterocycles. The fraction of sp³-hybridized carbons (Fsp3) is 0.105. The Labute approximate surface area is 130 Å². The van der Waals surface area contributed by atoms with Crippen molar-refractivity contribution in [2.75, 3.05) is 13.7 Å². The van der Waals surface area contributed by atoms with E-state index in [9.17, 15) is 4.79 Å². The van der Waals surface area contributed by atoms with E-state index in [0.29, 0.717) is 6.54 Å². The molecule has 0 saturated carbocycles. The molecule has 0 aromatic heterocycles. The molecule has 0 fully saturated rings. The first-order valence-electron chi connectivity index (χ1n) is 7.13. The first kappa shape index (κ1) is 14.1. The van der Waals surface area contributed by atoms with Crippen LogP contribution in [-0.2, 0) is 0 Å².